The van der Waals surface area contributed by atoms with Crippen molar-refractivity contribution in [2.24, 2.45) is 0 Å². The maximum Gasteiger partial charge on any atom is 0.416 e. The van der Waals surface area contributed by atoms with E-state index in [1.165, 1.54) is 50.3 Å². The van der Waals surface area contributed by atoms with Gasteiger partial charge in [-0.3, -0.25) is 0 Å². The van der Waals surface area contributed by atoms with Gasteiger partial charge >= 0.3 is 12.1 Å². The maximum absolute atomic E-state index is 13.0. The number of alkyl halides is 3. The predicted octanol–water partition coefficient (Wildman–Crippen LogP) is 7.08. The van der Waals surface area contributed by atoms with Gasteiger partial charge in [-0.05, 0) is 36.8 Å². The van der Waals surface area contributed by atoms with E-state index < -0.39 is 17.7 Å². The lowest BCUT2D eigenvalue weighted by Gasteiger charge is -2.13. The summed E-state index contributed by atoms with van der Waals surface area (Å²) in [4.78, 5) is 12.6. The number of hydrogen-bond donors (Lipinski definition) is 1. The average molecular weight is 702 g/mol. The SMILES string of the molecule is CCCCCCCCOCCOCCOCCOCCOCCOCCOCCOC(=O)c1ccccc1Nc1cccc(C(F)(F)F)c1. The molecule has 0 aliphatic carbocycles. The number of halogens is 3. The van der Waals surface area contributed by atoms with Crippen LogP contribution < -0.4 is 5.32 Å². The standard InChI is InChI=1S/C36H54F3NO9/c1-2-3-4-5-6-9-15-42-16-17-43-18-19-44-20-21-45-22-23-46-24-25-47-26-27-48-28-29-49-35(41)33-13-7-8-14-34(33)40-32-12-10-11-31(30-32)36(37,38)39/h7-8,10-14,30,40H,2-6,9,15-29H2,1H3. The monoisotopic (exact) mass is 701 g/mol. The first-order chi connectivity index (χ1) is 23.9. The summed E-state index contributed by atoms with van der Waals surface area (Å²) in [5, 5.41) is 2.86. The summed E-state index contributed by atoms with van der Waals surface area (Å²) in [5.41, 5.74) is -0.0671. The van der Waals surface area contributed by atoms with E-state index in [0.717, 1.165) is 25.2 Å². The van der Waals surface area contributed by atoms with Crippen LogP contribution >= 0.6 is 0 Å². The molecule has 2 rings (SSSR count). The van der Waals surface area contributed by atoms with E-state index in [-0.39, 0.29) is 24.5 Å². The Morgan fingerprint density at radius 3 is 1.57 bits per heavy atom. The van der Waals surface area contributed by atoms with Crippen LogP contribution in [0, 0.1) is 0 Å². The number of rotatable bonds is 31. The van der Waals surface area contributed by atoms with Crippen LogP contribution in [0.3, 0.4) is 0 Å². The number of esters is 1. The van der Waals surface area contributed by atoms with Crippen LogP contribution in [0.15, 0.2) is 48.5 Å². The lowest BCUT2D eigenvalue weighted by molar-refractivity contribution is -0.137. The van der Waals surface area contributed by atoms with Gasteiger partial charge in [0.15, 0.2) is 0 Å². The Hall–Kier alpha value is -2.78. The number of carbonyl (C=O) groups excluding carboxylic acids is 1. The molecule has 0 aromatic heterocycles. The van der Waals surface area contributed by atoms with E-state index in [1.807, 2.05) is 0 Å². The van der Waals surface area contributed by atoms with Gasteiger partial charge in [0.25, 0.3) is 0 Å². The van der Waals surface area contributed by atoms with Crippen LogP contribution in [0.5, 0.6) is 0 Å². The minimum atomic E-state index is -4.47. The summed E-state index contributed by atoms with van der Waals surface area (Å²) in [7, 11) is 0. The molecular formula is C36H54F3NO9. The molecule has 0 amide bonds. The Bertz CT molecular complexity index is 1110. The van der Waals surface area contributed by atoms with Crippen molar-refractivity contribution in [3.63, 3.8) is 0 Å². The molecule has 0 atom stereocenters. The normalized spacial score (nSPS) is 11.6. The molecule has 2 aromatic rings. The van der Waals surface area contributed by atoms with Gasteiger partial charge in [-0.25, -0.2) is 4.79 Å². The summed E-state index contributed by atoms with van der Waals surface area (Å²) in [6.45, 7) is 8.83. The number of ether oxygens (including phenoxy) is 8. The van der Waals surface area contributed by atoms with Crippen molar-refractivity contribution >= 4 is 17.3 Å². The molecule has 0 fully saturated rings. The van der Waals surface area contributed by atoms with Gasteiger partial charge in [-0.1, -0.05) is 57.2 Å². The zero-order chi connectivity index (χ0) is 35.3. The van der Waals surface area contributed by atoms with Gasteiger partial charge in [0.05, 0.1) is 103 Å². The molecule has 0 unspecified atom stereocenters. The van der Waals surface area contributed by atoms with Crippen molar-refractivity contribution in [3.8, 4) is 0 Å². The second kappa shape index (κ2) is 28.0. The van der Waals surface area contributed by atoms with Crippen LogP contribution in [-0.2, 0) is 44.1 Å². The van der Waals surface area contributed by atoms with Crippen LogP contribution in [0.4, 0.5) is 24.5 Å². The largest absolute Gasteiger partial charge is 0.460 e. The fourth-order valence-electron chi connectivity index (χ4n) is 4.38. The number of hydrogen-bond acceptors (Lipinski definition) is 10. The molecule has 0 radical (unpaired) electrons. The molecule has 0 saturated carbocycles. The zero-order valence-corrected chi connectivity index (χ0v) is 28.8. The van der Waals surface area contributed by atoms with E-state index in [0.29, 0.717) is 85.0 Å². The molecule has 0 saturated heterocycles. The highest BCUT2D eigenvalue weighted by molar-refractivity contribution is 5.96. The van der Waals surface area contributed by atoms with Crippen molar-refractivity contribution in [1.29, 1.82) is 0 Å². The van der Waals surface area contributed by atoms with Crippen molar-refractivity contribution in [3.05, 3.63) is 59.7 Å². The van der Waals surface area contributed by atoms with E-state index in [9.17, 15) is 18.0 Å². The Morgan fingerprint density at radius 2 is 1.04 bits per heavy atom. The minimum Gasteiger partial charge on any atom is -0.460 e. The highest BCUT2D eigenvalue weighted by atomic mass is 19.4. The van der Waals surface area contributed by atoms with E-state index >= 15 is 0 Å². The van der Waals surface area contributed by atoms with E-state index in [4.69, 9.17) is 37.9 Å². The Balaban J connectivity index is 1.34. The highest BCUT2D eigenvalue weighted by Gasteiger charge is 2.30. The maximum atomic E-state index is 13.0. The molecule has 0 spiro atoms. The van der Waals surface area contributed by atoms with Gasteiger partial charge in [-0.15, -0.1) is 0 Å². The molecule has 278 valence electrons. The van der Waals surface area contributed by atoms with Gasteiger partial charge in [0.2, 0.25) is 0 Å². The van der Waals surface area contributed by atoms with Crippen molar-refractivity contribution in [1.82, 2.24) is 0 Å². The number of anilines is 2. The topological polar surface area (TPSA) is 103 Å². The quantitative estimate of drug-likeness (QED) is 0.0648. The fourth-order valence-corrected chi connectivity index (χ4v) is 4.38. The summed E-state index contributed by atoms with van der Waals surface area (Å²) in [6.07, 6.45) is 3.09. The Labute approximate surface area is 288 Å². The van der Waals surface area contributed by atoms with Gasteiger partial charge < -0.3 is 43.2 Å². The predicted molar refractivity (Wildman–Crippen MR) is 181 cm³/mol. The van der Waals surface area contributed by atoms with Gasteiger partial charge in [0, 0.05) is 12.3 Å². The third kappa shape index (κ3) is 21.8. The second-order valence-electron chi connectivity index (χ2n) is 10.9. The lowest BCUT2D eigenvalue weighted by Crippen LogP contribution is -2.15. The summed E-state index contributed by atoms with van der Waals surface area (Å²) >= 11 is 0. The molecule has 0 aliphatic rings. The van der Waals surface area contributed by atoms with Crippen molar-refractivity contribution in [2.75, 3.05) is 104 Å². The molecule has 0 bridgehead atoms. The molecule has 10 nitrogen and oxygen atoms in total. The number of unbranched alkanes of at least 4 members (excludes halogenated alkanes) is 5. The first-order valence-corrected chi connectivity index (χ1v) is 17.2. The van der Waals surface area contributed by atoms with Gasteiger partial charge in [0.1, 0.15) is 6.61 Å². The summed E-state index contributed by atoms with van der Waals surface area (Å²) in [6, 6.07) is 11.2. The van der Waals surface area contributed by atoms with E-state index in [2.05, 4.69) is 12.2 Å². The summed E-state index contributed by atoms with van der Waals surface area (Å²) in [5.74, 6) is -0.621. The number of nitrogens with one attached hydrogen (secondary N) is 1. The fraction of sp³-hybridized carbons (Fsp3) is 0.639. The van der Waals surface area contributed by atoms with Gasteiger partial charge in [-0.2, -0.15) is 13.2 Å². The second-order valence-corrected chi connectivity index (χ2v) is 10.9. The Kier molecular flexibility index (Phi) is 24.2. The molecule has 49 heavy (non-hydrogen) atoms. The average Bonchev–Trinajstić information content (AvgIpc) is 3.09. The van der Waals surface area contributed by atoms with Crippen molar-refractivity contribution in [2.45, 2.75) is 51.6 Å². The molecule has 1 N–H and O–H groups in total. The Morgan fingerprint density at radius 1 is 0.571 bits per heavy atom. The molecule has 0 aliphatic heterocycles. The number of carbonyl (C=O) groups is 1. The van der Waals surface area contributed by atoms with Crippen molar-refractivity contribution < 1.29 is 55.9 Å². The molecule has 2 aromatic carbocycles. The minimum absolute atomic E-state index is 0.00743. The lowest BCUT2D eigenvalue weighted by atomic mass is 10.1. The highest BCUT2D eigenvalue weighted by Crippen LogP contribution is 2.32. The smallest absolute Gasteiger partial charge is 0.416 e. The molecular weight excluding hydrogens is 647 g/mol. The number of para-hydroxylation sites is 1. The first kappa shape index (κ1) is 42.4. The van der Waals surface area contributed by atoms with Crippen LogP contribution in [0.25, 0.3) is 0 Å². The number of benzene rings is 2. The molecule has 13 heteroatoms. The van der Waals surface area contributed by atoms with Crippen LogP contribution in [0.1, 0.15) is 61.4 Å². The van der Waals surface area contributed by atoms with E-state index in [1.54, 1.807) is 18.2 Å². The zero-order valence-electron chi connectivity index (χ0n) is 28.8. The third-order valence-corrected chi connectivity index (χ3v) is 6.95. The summed E-state index contributed by atoms with van der Waals surface area (Å²) < 4.78 is 82.7. The first-order valence-electron chi connectivity index (χ1n) is 17.2. The third-order valence-electron chi connectivity index (χ3n) is 6.95. The van der Waals surface area contributed by atoms with Crippen LogP contribution in [0.2, 0.25) is 0 Å². The van der Waals surface area contributed by atoms with Crippen LogP contribution in [-0.4, -0.2) is 105 Å². The molecule has 0 heterocycles.